The van der Waals surface area contributed by atoms with Crippen LogP contribution in [0.15, 0.2) is 187 Å². The van der Waals surface area contributed by atoms with E-state index in [1.807, 2.05) is 104 Å². The predicted octanol–water partition coefficient (Wildman–Crippen LogP) is 9.32. The van der Waals surface area contributed by atoms with Gasteiger partial charge in [-0.1, -0.05) is 11.6 Å². The first-order chi connectivity index (χ1) is 52.5. The van der Waals surface area contributed by atoms with Crippen LogP contribution in [-0.2, 0) is 24.0 Å². The fraction of sp³-hybridized carbons (Fsp3) is 0.209. The second kappa shape index (κ2) is 29.2. The standard InChI is InChI=1S/C18H16N8O2S.C17H16N8OS.C16H12ClN7OS.C16H14N8OS/c1-10(27)19-12-6-7-25-15(8-12)22-23-18(25)29-16-5-4-14-20-13(9-26(14)24-16)21-17(28)11-2-3-11;1-18-11-6-7-24-14(8-11)21-22-17(24)27-15-5-4-13-19-12(9-25(13)23-15)20-16(26)10-2-3-10;2*17-10-5-6-23-13(7-10)20-21-16(23)26-14-4-3-12-18-11(8-24(12)22-14)19-15(25)9-1-2-9/h4-9,11H,2-3H2,1H3,(H,19,27)(H,21,28);4-10,18H,2-3H2,1H3,(H,20,26);3-9H,1-2H2,(H,19,25);3-9H,1-2,17H2,(H,19,25). The van der Waals surface area contributed by atoms with Gasteiger partial charge in [0.25, 0.3) is 0 Å². The van der Waals surface area contributed by atoms with Crippen LogP contribution in [0.5, 0.6) is 0 Å². The Morgan fingerprint density at radius 2 is 0.685 bits per heavy atom. The molecule has 16 heterocycles. The fourth-order valence-corrected chi connectivity index (χ4v) is 14.1. The summed E-state index contributed by atoms with van der Waals surface area (Å²) in [6, 6.07) is 29.3. The number of imidazole rings is 4. The molecule has 542 valence electrons. The highest BCUT2D eigenvalue weighted by atomic mass is 35.5. The lowest BCUT2D eigenvalue weighted by molar-refractivity contribution is -0.118. The highest BCUT2D eigenvalue weighted by Crippen LogP contribution is 2.35. The minimum absolute atomic E-state index is 0.0107. The number of nitrogens with one attached hydrogen (secondary N) is 6. The summed E-state index contributed by atoms with van der Waals surface area (Å²) in [6.07, 6.45) is 21.8. The van der Waals surface area contributed by atoms with Gasteiger partial charge in [0.2, 0.25) is 50.2 Å². The number of hydrogen-bond acceptors (Lipinski definition) is 27. The number of hydrogen-bond donors (Lipinski definition) is 7. The molecular weight excluding hydrogens is 1480 g/mol. The fourth-order valence-electron chi connectivity index (χ4n) is 10.8. The third-order valence-electron chi connectivity index (χ3n) is 16.9. The molecule has 0 aliphatic heterocycles. The van der Waals surface area contributed by atoms with E-state index in [4.69, 9.17) is 17.3 Å². The van der Waals surface area contributed by atoms with E-state index in [1.165, 1.54) is 54.0 Å². The zero-order valence-corrected chi connectivity index (χ0v) is 60.7. The molecule has 0 bridgehead atoms. The maximum Gasteiger partial charge on any atom is 0.228 e. The molecule has 4 fully saturated rings. The zero-order chi connectivity index (χ0) is 73.7. The molecule has 0 spiro atoms. The van der Waals surface area contributed by atoms with Crippen molar-refractivity contribution in [1.29, 1.82) is 0 Å². The Morgan fingerprint density at radius 1 is 0.380 bits per heavy atom. The van der Waals surface area contributed by atoms with E-state index in [9.17, 15) is 24.0 Å². The molecule has 0 saturated heterocycles. The smallest absolute Gasteiger partial charge is 0.228 e. The van der Waals surface area contributed by atoms with Crippen molar-refractivity contribution >= 4 is 174 Å². The Bertz CT molecular complexity index is 6030. The van der Waals surface area contributed by atoms with Gasteiger partial charge in [-0.25, -0.2) is 38.0 Å². The molecule has 0 aromatic carbocycles. The highest BCUT2D eigenvalue weighted by Gasteiger charge is 2.33. The number of aromatic nitrogens is 24. The summed E-state index contributed by atoms with van der Waals surface area (Å²) in [5.41, 5.74) is 13.4. The van der Waals surface area contributed by atoms with Crippen LogP contribution in [0.2, 0.25) is 5.02 Å². The molecule has 4 aliphatic carbocycles. The molecule has 4 saturated carbocycles. The van der Waals surface area contributed by atoms with Crippen molar-refractivity contribution in [2.45, 2.75) is 99.0 Å². The lowest BCUT2D eigenvalue weighted by Crippen LogP contribution is -2.13. The van der Waals surface area contributed by atoms with Gasteiger partial charge in [-0.05, 0) is 171 Å². The van der Waals surface area contributed by atoms with Crippen LogP contribution in [0, 0.1) is 23.7 Å². The van der Waals surface area contributed by atoms with Crippen LogP contribution < -0.4 is 37.6 Å². The van der Waals surface area contributed by atoms with Gasteiger partial charge in [0.15, 0.2) is 68.4 Å². The van der Waals surface area contributed by atoms with Crippen LogP contribution >= 0.6 is 58.6 Å². The van der Waals surface area contributed by atoms with E-state index < -0.39 is 0 Å². The van der Waals surface area contributed by atoms with E-state index in [1.54, 1.807) is 85.4 Å². The van der Waals surface area contributed by atoms with Gasteiger partial charge in [-0.2, -0.15) is 20.4 Å². The summed E-state index contributed by atoms with van der Waals surface area (Å²) in [5.74, 6) is 2.51. The van der Waals surface area contributed by atoms with Gasteiger partial charge < -0.3 is 37.6 Å². The van der Waals surface area contributed by atoms with E-state index >= 15 is 0 Å². The van der Waals surface area contributed by atoms with Gasteiger partial charge in [0.1, 0.15) is 20.1 Å². The van der Waals surface area contributed by atoms with Crippen molar-refractivity contribution in [3.8, 4) is 0 Å². The quantitative estimate of drug-likeness (QED) is 0.0420. The monoisotopic (exact) mass is 1540 g/mol. The number of nitrogen functional groups attached to an aromatic ring is 1. The summed E-state index contributed by atoms with van der Waals surface area (Å²) in [6.45, 7) is 1.45. The van der Waals surface area contributed by atoms with Crippen LogP contribution in [0.3, 0.4) is 0 Å². The molecule has 20 rings (SSSR count). The lowest BCUT2D eigenvalue weighted by Gasteiger charge is -2.03. The lowest BCUT2D eigenvalue weighted by atomic mass is 10.4. The van der Waals surface area contributed by atoms with Crippen molar-refractivity contribution < 1.29 is 24.0 Å². The van der Waals surface area contributed by atoms with E-state index in [0.29, 0.717) is 99.7 Å². The van der Waals surface area contributed by atoms with Crippen molar-refractivity contribution in [3.05, 3.63) is 152 Å². The van der Waals surface area contributed by atoms with E-state index in [-0.39, 0.29) is 53.2 Å². The molecule has 0 radical (unpaired) electrons. The average molecular weight is 1540 g/mol. The number of anilines is 7. The number of pyridine rings is 4. The molecular formula is C67H58ClN31O5S4. The van der Waals surface area contributed by atoms with Gasteiger partial charge >= 0.3 is 0 Å². The van der Waals surface area contributed by atoms with Crippen molar-refractivity contribution in [2.75, 3.05) is 44.7 Å². The Kier molecular flexibility index (Phi) is 18.5. The van der Waals surface area contributed by atoms with Crippen molar-refractivity contribution in [2.24, 2.45) is 23.7 Å². The number of halogens is 1. The minimum Gasteiger partial charge on any atom is -0.399 e. The molecule has 16 aromatic rings. The predicted molar refractivity (Wildman–Crippen MR) is 399 cm³/mol. The Morgan fingerprint density at radius 3 is 1.02 bits per heavy atom. The molecule has 4 aliphatic rings. The van der Waals surface area contributed by atoms with E-state index in [0.717, 1.165) is 82.9 Å². The molecule has 5 amide bonds. The SMILES string of the molecule is CC(=O)Nc1ccn2c(Sc3ccc4nc(NC(=O)C5CC5)cn4n3)nnc2c1.CNc1ccn2c(Sc3ccc4nc(NC(=O)C5CC5)cn4n3)nnc2c1.Nc1ccn2c(Sc3ccc4nc(NC(=O)C5CC5)cn4n3)nnc2c1.O=C(Nc1cn2nc(Sc3nnc4cc(Cl)ccn34)ccc2n1)C1CC1. The molecule has 8 N–H and O–H groups in total. The minimum atomic E-state index is -0.144. The zero-order valence-electron chi connectivity index (χ0n) is 56.7. The van der Waals surface area contributed by atoms with Crippen LogP contribution in [-0.4, -0.2) is 153 Å². The maximum absolute atomic E-state index is 11.9. The van der Waals surface area contributed by atoms with Crippen LogP contribution in [0.4, 0.5) is 40.3 Å². The van der Waals surface area contributed by atoms with Crippen molar-refractivity contribution in [3.63, 3.8) is 0 Å². The second-order valence-corrected chi connectivity index (χ2v) is 29.7. The third-order valence-corrected chi connectivity index (χ3v) is 20.7. The van der Waals surface area contributed by atoms with Gasteiger partial charge in [-0.3, -0.25) is 41.6 Å². The molecule has 41 heteroatoms. The number of carbonyl (C=O) groups excluding carboxylic acids is 5. The number of carbonyl (C=O) groups is 5. The summed E-state index contributed by atoms with van der Waals surface area (Å²) in [4.78, 5) is 76.3. The molecule has 16 aromatic heterocycles. The second-order valence-electron chi connectivity index (χ2n) is 25.3. The number of nitrogens with two attached hydrogens (primary N) is 1. The first-order valence-electron chi connectivity index (χ1n) is 33.7. The number of rotatable bonds is 18. The number of amides is 5. The number of fused-ring (bicyclic) bond motifs is 8. The van der Waals surface area contributed by atoms with Gasteiger partial charge in [-0.15, -0.1) is 40.8 Å². The average Bonchev–Trinajstić information content (AvgIpc) is 1.67. The Labute approximate surface area is 629 Å². The summed E-state index contributed by atoms with van der Waals surface area (Å²) < 4.78 is 14.0. The first-order valence-corrected chi connectivity index (χ1v) is 37.4. The molecule has 108 heavy (non-hydrogen) atoms. The normalized spacial score (nSPS) is 14.0. The Balaban J connectivity index is 0.000000106. The van der Waals surface area contributed by atoms with Crippen LogP contribution in [0.25, 0.3) is 45.2 Å². The Hall–Kier alpha value is -12.4. The number of nitrogens with zero attached hydrogens (tertiary/aromatic N) is 24. The van der Waals surface area contributed by atoms with Gasteiger partial charge in [0.05, 0.1) is 24.8 Å². The topological polar surface area (TPSA) is 425 Å². The highest BCUT2D eigenvalue weighted by molar-refractivity contribution is 7.99. The third kappa shape index (κ3) is 15.8. The summed E-state index contributed by atoms with van der Waals surface area (Å²) in [7, 11) is 1.86. The summed E-state index contributed by atoms with van der Waals surface area (Å²) in [5, 5.41) is 74.9. The van der Waals surface area contributed by atoms with Gasteiger partial charge in [0, 0.05) is 109 Å². The largest absolute Gasteiger partial charge is 0.399 e. The maximum atomic E-state index is 11.9. The molecule has 0 unspecified atom stereocenters. The van der Waals surface area contributed by atoms with Crippen molar-refractivity contribution in [1.82, 2.24) is 117 Å². The molecule has 0 atom stereocenters. The molecule has 36 nitrogen and oxygen atoms in total. The van der Waals surface area contributed by atoms with Crippen LogP contribution in [0.1, 0.15) is 58.3 Å². The summed E-state index contributed by atoms with van der Waals surface area (Å²) >= 11 is 11.5. The van der Waals surface area contributed by atoms with E-state index in [2.05, 4.69) is 113 Å². The first kappa shape index (κ1) is 68.7.